The van der Waals surface area contributed by atoms with Gasteiger partial charge in [0.2, 0.25) is 0 Å². The van der Waals surface area contributed by atoms with Crippen LogP contribution in [-0.2, 0) is 6.54 Å². The van der Waals surface area contributed by atoms with E-state index in [2.05, 4.69) is 5.92 Å². The van der Waals surface area contributed by atoms with Gasteiger partial charge in [-0.05, 0) is 11.6 Å². The van der Waals surface area contributed by atoms with Crippen LogP contribution in [0.4, 0.5) is 12.9 Å². The van der Waals surface area contributed by atoms with Crippen molar-refractivity contribution in [1.29, 1.82) is 0 Å². The molecule has 0 heterocycles. The molecule has 0 saturated carbocycles. The summed E-state index contributed by atoms with van der Waals surface area (Å²) in [7, 11) is 0. The summed E-state index contributed by atoms with van der Waals surface area (Å²) >= 11 is 0. The maximum atomic E-state index is 12.4. The summed E-state index contributed by atoms with van der Waals surface area (Å²) in [5.41, 5.74) is 5.17. The summed E-state index contributed by atoms with van der Waals surface area (Å²) in [6, 6.07) is 3.46. The quantitative estimate of drug-likeness (QED) is 0.560. The van der Waals surface area contributed by atoms with Crippen molar-refractivity contribution in [2.75, 3.05) is 0 Å². The van der Waals surface area contributed by atoms with Gasteiger partial charge < -0.3 is 18.7 Å². The Labute approximate surface area is 80.2 Å². The van der Waals surface area contributed by atoms with Gasteiger partial charge in [0.15, 0.2) is 0 Å². The summed E-state index contributed by atoms with van der Waals surface area (Å²) in [6.45, 7) is -4.96. The highest BCUT2D eigenvalue weighted by Crippen LogP contribution is 2.12. The molecule has 2 N–H and O–H groups in total. The fourth-order valence-electron chi connectivity index (χ4n) is 1.11. The Morgan fingerprint density at radius 3 is 2.36 bits per heavy atom. The van der Waals surface area contributed by atoms with Crippen molar-refractivity contribution in [1.82, 2.24) is 0 Å². The van der Waals surface area contributed by atoms with E-state index in [4.69, 9.17) is 12.2 Å². The maximum Gasteiger partial charge on any atom is 0.509 e. The number of rotatable bonds is 2. The van der Waals surface area contributed by atoms with Gasteiger partial charge in [-0.1, -0.05) is 18.1 Å². The SMILES string of the molecule is C#Cc1cc(CN)cc([B-](F)(F)F)c1. The van der Waals surface area contributed by atoms with Gasteiger partial charge in [0.05, 0.1) is 0 Å². The maximum absolute atomic E-state index is 12.4. The molecule has 14 heavy (non-hydrogen) atoms. The molecule has 1 nitrogen and oxygen atoms in total. The second-order valence-corrected chi connectivity index (χ2v) is 2.89. The summed E-state index contributed by atoms with van der Waals surface area (Å²) in [5, 5.41) is 0. The van der Waals surface area contributed by atoms with E-state index in [9.17, 15) is 12.9 Å². The fraction of sp³-hybridized carbons (Fsp3) is 0.111. The largest absolute Gasteiger partial charge is 0.509 e. The molecular weight excluding hydrogens is 190 g/mol. The molecule has 1 aromatic carbocycles. The van der Waals surface area contributed by atoms with Gasteiger partial charge in [0, 0.05) is 12.1 Å². The topological polar surface area (TPSA) is 26.0 Å². The molecule has 1 rings (SSSR count). The van der Waals surface area contributed by atoms with Crippen LogP contribution in [0.5, 0.6) is 0 Å². The summed E-state index contributed by atoms with van der Waals surface area (Å²) in [6.07, 6.45) is 5.03. The first-order valence-electron chi connectivity index (χ1n) is 3.98. The molecule has 0 bridgehead atoms. The predicted molar refractivity (Wildman–Crippen MR) is 51.0 cm³/mol. The molecule has 0 saturated heterocycles. The van der Waals surface area contributed by atoms with E-state index in [0.717, 1.165) is 12.1 Å². The summed E-state index contributed by atoms with van der Waals surface area (Å²) in [5.74, 6) is 2.17. The van der Waals surface area contributed by atoms with Crippen molar-refractivity contribution in [3.63, 3.8) is 0 Å². The second-order valence-electron chi connectivity index (χ2n) is 2.89. The van der Waals surface area contributed by atoms with E-state index in [0.29, 0.717) is 5.56 Å². The lowest BCUT2D eigenvalue weighted by Crippen LogP contribution is -2.34. The Kier molecular flexibility index (Phi) is 2.87. The third-order valence-electron chi connectivity index (χ3n) is 1.80. The van der Waals surface area contributed by atoms with Gasteiger partial charge in [-0.2, -0.15) is 0 Å². The fourth-order valence-corrected chi connectivity index (χ4v) is 1.11. The van der Waals surface area contributed by atoms with Crippen LogP contribution in [0.2, 0.25) is 0 Å². The van der Waals surface area contributed by atoms with Crippen LogP contribution in [0.15, 0.2) is 18.2 Å². The van der Waals surface area contributed by atoms with Gasteiger partial charge in [0.1, 0.15) is 0 Å². The molecule has 0 aliphatic carbocycles. The van der Waals surface area contributed by atoms with Crippen molar-refractivity contribution in [3.8, 4) is 12.3 Å². The Bertz CT molecular complexity index is 379. The van der Waals surface area contributed by atoms with E-state index in [1.54, 1.807) is 0 Å². The van der Waals surface area contributed by atoms with E-state index >= 15 is 0 Å². The number of halogens is 3. The van der Waals surface area contributed by atoms with Crippen LogP contribution in [0, 0.1) is 12.3 Å². The van der Waals surface area contributed by atoms with Gasteiger partial charge in [-0.25, -0.2) is 0 Å². The third kappa shape index (κ3) is 2.30. The number of benzene rings is 1. The third-order valence-corrected chi connectivity index (χ3v) is 1.80. The molecule has 0 aromatic heterocycles. The highest BCUT2D eigenvalue weighted by molar-refractivity contribution is 6.73. The van der Waals surface area contributed by atoms with Crippen molar-refractivity contribution >= 4 is 12.4 Å². The average molecular weight is 198 g/mol. The van der Waals surface area contributed by atoms with Crippen LogP contribution in [-0.4, -0.2) is 6.98 Å². The van der Waals surface area contributed by atoms with Crippen molar-refractivity contribution in [2.45, 2.75) is 6.54 Å². The number of terminal acetylenes is 1. The van der Waals surface area contributed by atoms with Gasteiger partial charge in [-0.3, -0.25) is 0 Å². The van der Waals surface area contributed by atoms with Gasteiger partial charge in [-0.15, -0.1) is 11.9 Å². The molecule has 1 aromatic rings. The van der Waals surface area contributed by atoms with Crippen LogP contribution in [0.25, 0.3) is 0 Å². The van der Waals surface area contributed by atoms with Crippen molar-refractivity contribution < 1.29 is 12.9 Å². The van der Waals surface area contributed by atoms with Crippen molar-refractivity contribution in [2.24, 2.45) is 5.73 Å². The highest BCUT2D eigenvalue weighted by atomic mass is 19.4. The molecule has 0 amide bonds. The number of hydrogen-bond donors (Lipinski definition) is 1. The smallest absolute Gasteiger partial charge is 0.445 e. The van der Waals surface area contributed by atoms with Crippen LogP contribution in [0.1, 0.15) is 11.1 Å². The first-order chi connectivity index (χ1) is 6.47. The zero-order chi connectivity index (χ0) is 10.8. The molecule has 0 spiro atoms. The number of hydrogen-bond acceptors (Lipinski definition) is 1. The molecule has 0 unspecified atom stereocenters. The zero-order valence-electron chi connectivity index (χ0n) is 7.31. The lowest BCUT2D eigenvalue weighted by molar-refractivity contribution is 0.501. The Hall–Kier alpha value is -1.41. The minimum Gasteiger partial charge on any atom is -0.445 e. The standard InChI is InChI=1S/C9H8BF3N/c1-2-7-3-8(6-14)5-9(4-7)10(11,12)13/h1,3-5H,6,14H2/q-1. The highest BCUT2D eigenvalue weighted by Gasteiger charge is 2.25. The first kappa shape index (κ1) is 10.7. The molecule has 0 fully saturated rings. The molecule has 0 atom stereocenters. The number of nitrogens with two attached hydrogens (primary N) is 1. The molecule has 74 valence electrons. The Balaban J connectivity index is 3.26. The minimum atomic E-state index is -5.01. The molecule has 0 aliphatic heterocycles. The first-order valence-corrected chi connectivity index (χ1v) is 3.98. The molecular formula is C9H8BF3N-. The van der Waals surface area contributed by atoms with E-state index < -0.39 is 12.4 Å². The van der Waals surface area contributed by atoms with Gasteiger partial charge >= 0.3 is 6.98 Å². The summed E-state index contributed by atoms with van der Waals surface area (Å²) in [4.78, 5) is 0. The van der Waals surface area contributed by atoms with Crippen LogP contribution < -0.4 is 11.2 Å². The normalized spacial score (nSPS) is 11.1. The predicted octanol–water partition coefficient (Wildman–Crippen LogP) is 1.18. The van der Waals surface area contributed by atoms with E-state index in [-0.39, 0.29) is 12.1 Å². The Morgan fingerprint density at radius 1 is 1.29 bits per heavy atom. The monoisotopic (exact) mass is 198 g/mol. The van der Waals surface area contributed by atoms with E-state index in [1.807, 2.05) is 0 Å². The van der Waals surface area contributed by atoms with Crippen LogP contribution in [0.3, 0.4) is 0 Å². The second kappa shape index (κ2) is 3.76. The summed E-state index contributed by atoms with van der Waals surface area (Å²) < 4.78 is 37.1. The van der Waals surface area contributed by atoms with Crippen molar-refractivity contribution in [3.05, 3.63) is 29.3 Å². The zero-order valence-corrected chi connectivity index (χ0v) is 7.31. The van der Waals surface area contributed by atoms with Crippen LogP contribution >= 0.6 is 0 Å². The minimum absolute atomic E-state index is 0.0503. The van der Waals surface area contributed by atoms with E-state index in [1.165, 1.54) is 6.07 Å². The molecule has 0 aliphatic rings. The molecule has 5 heteroatoms. The average Bonchev–Trinajstić information content (AvgIpc) is 2.15. The lowest BCUT2D eigenvalue weighted by atomic mass is 9.78. The van der Waals surface area contributed by atoms with Gasteiger partial charge in [0.25, 0.3) is 0 Å². The molecule has 0 radical (unpaired) electrons. The lowest BCUT2D eigenvalue weighted by Gasteiger charge is -2.16. The Morgan fingerprint density at radius 2 is 1.93 bits per heavy atom.